The molecule has 0 atom stereocenters. The predicted octanol–water partition coefficient (Wildman–Crippen LogP) is 4.52. The molecule has 0 unspecified atom stereocenters. The molecule has 0 saturated carbocycles. The number of hydrogen-bond donors (Lipinski definition) is 2. The van der Waals surface area contributed by atoms with Crippen LogP contribution < -0.4 is 20.5 Å². The molecule has 152 valence electrons. The first-order valence-corrected chi connectivity index (χ1v) is 9.23. The second-order valence-electron chi connectivity index (χ2n) is 7.17. The monoisotopic (exact) mass is 402 g/mol. The van der Waals surface area contributed by atoms with Crippen molar-refractivity contribution in [2.45, 2.75) is 19.3 Å². The van der Waals surface area contributed by atoms with Crippen LogP contribution in [0.2, 0.25) is 0 Å². The number of carbonyl (C=O) groups is 1. The Morgan fingerprint density at radius 3 is 2.60 bits per heavy atom. The third-order valence-corrected chi connectivity index (χ3v) is 4.52. The second kappa shape index (κ2) is 8.53. The summed E-state index contributed by atoms with van der Waals surface area (Å²) in [6.07, 6.45) is 1.49. The van der Waals surface area contributed by atoms with Gasteiger partial charge in [-0.2, -0.15) is 5.26 Å². The van der Waals surface area contributed by atoms with Gasteiger partial charge in [0.2, 0.25) is 5.88 Å². The Hall–Kier alpha value is -4.05. The molecule has 1 amide bonds. The Bertz CT molecular complexity index is 1100. The van der Waals surface area contributed by atoms with Gasteiger partial charge >= 0.3 is 0 Å². The van der Waals surface area contributed by atoms with Crippen LogP contribution in [-0.4, -0.2) is 18.0 Å². The average molecular weight is 402 g/mol. The molecule has 0 radical (unpaired) electrons. The van der Waals surface area contributed by atoms with Crippen molar-refractivity contribution >= 4 is 17.3 Å². The van der Waals surface area contributed by atoms with Gasteiger partial charge in [-0.3, -0.25) is 4.79 Å². The van der Waals surface area contributed by atoms with E-state index in [0.717, 1.165) is 5.56 Å². The number of methoxy groups -OCH3 is 1. The van der Waals surface area contributed by atoms with Gasteiger partial charge in [-0.25, -0.2) is 4.98 Å². The summed E-state index contributed by atoms with van der Waals surface area (Å²) in [6.45, 7) is 3.62. The first-order valence-electron chi connectivity index (χ1n) is 9.23. The predicted molar refractivity (Wildman–Crippen MR) is 115 cm³/mol. The zero-order valence-corrected chi connectivity index (χ0v) is 17.0. The smallest absolute Gasteiger partial charge is 0.255 e. The zero-order valence-electron chi connectivity index (χ0n) is 17.0. The summed E-state index contributed by atoms with van der Waals surface area (Å²) in [4.78, 5) is 16.9. The van der Waals surface area contributed by atoms with E-state index in [2.05, 4.69) is 16.4 Å². The van der Waals surface area contributed by atoms with Crippen molar-refractivity contribution in [1.82, 2.24) is 4.98 Å². The van der Waals surface area contributed by atoms with E-state index in [1.807, 2.05) is 19.9 Å². The number of amides is 1. The molecular weight excluding hydrogens is 380 g/mol. The first-order chi connectivity index (χ1) is 14.3. The van der Waals surface area contributed by atoms with E-state index < -0.39 is 5.41 Å². The molecule has 0 fully saturated rings. The van der Waals surface area contributed by atoms with Gasteiger partial charge < -0.3 is 20.5 Å². The van der Waals surface area contributed by atoms with Crippen LogP contribution in [0.3, 0.4) is 0 Å². The molecule has 3 aromatic rings. The second-order valence-corrected chi connectivity index (χ2v) is 7.17. The highest BCUT2D eigenvalue weighted by Crippen LogP contribution is 2.33. The van der Waals surface area contributed by atoms with Crippen molar-refractivity contribution in [1.29, 1.82) is 5.26 Å². The highest BCUT2D eigenvalue weighted by atomic mass is 16.5. The van der Waals surface area contributed by atoms with Gasteiger partial charge in [-0.15, -0.1) is 0 Å². The first kappa shape index (κ1) is 20.7. The summed E-state index contributed by atoms with van der Waals surface area (Å²) >= 11 is 0. The van der Waals surface area contributed by atoms with Gasteiger partial charge in [-0.1, -0.05) is 12.1 Å². The minimum atomic E-state index is -0.691. The van der Waals surface area contributed by atoms with Crippen molar-refractivity contribution in [3.05, 3.63) is 71.9 Å². The van der Waals surface area contributed by atoms with Crippen LogP contribution in [0.5, 0.6) is 17.4 Å². The van der Waals surface area contributed by atoms with Crippen LogP contribution in [0.4, 0.5) is 11.4 Å². The average Bonchev–Trinajstić information content (AvgIpc) is 2.75. The molecule has 0 aliphatic carbocycles. The highest BCUT2D eigenvalue weighted by molar-refractivity contribution is 6.04. The zero-order chi connectivity index (χ0) is 21.7. The maximum Gasteiger partial charge on any atom is 0.255 e. The fourth-order valence-corrected chi connectivity index (χ4v) is 2.72. The topological polar surface area (TPSA) is 110 Å². The van der Waals surface area contributed by atoms with E-state index >= 15 is 0 Å². The number of pyridine rings is 1. The van der Waals surface area contributed by atoms with Crippen LogP contribution in [0, 0.1) is 11.3 Å². The SMILES string of the molecule is COc1ccc(NC(=O)c2cccc(C(C)(C)C#N)c2)cc1Oc1ccc(N)cn1. The Balaban J connectivity index is 1.83. The molecular formula is C23H22N4O3. The molecule has 0 bridgehead atoms. The molecule has 1 aromatic heterocycles. The minimum Gasteiger partial charge on any atom is -0.493 e. The van der Waals surface area contributed by atoms with Crippen LogP contribution in [0.15, 0.2) is 60.8 Å². The third-order valence-electron chi connectivity index (χ3n) is 4.52. The molecule has 0 aliphatic heterocycles. The number of hydrogen-bond acceptors (Lipinski definition) is 6. The molecule has 0 spiro atoms. The van der Waals surface area contributed by atoms with Crippen molar-refractivity contribution in [3.8, 4) is 23.4 Å². The van der Waals surface area contributed by atoms with Crippen LogP contribution >= 0.6 is 0 Å². The lowest BCUT2D eigenvalue weighted by molar-refractivity contribution is 0.102. The van der Waals surface area contributed by atoms with Gasteiger partial charge in [0.1, 0.15) is 0 Å². The van der Waals surface area contributed by atoms with Crippen molar-refractivity contribution in [2.24, 2.45) is 0 Å². The van der Waals surface area contributed by atoms with Crippen molar-refractivity contribution < 1.29 is 14.3 Å². The lowest BCUT2D eigenvalue weighted by atomic mass is 9.85. The van der Waals surface area contributed by atoms with E-state index in [0.29, 0.717) is 34.3 Å². The van der Waals surface area contributed by atoms with E-state index in [1.54, 1.807) is 48.5 Å². The number of nitrogens with two attached hydrogens (primary N) is 1. The Morgan fingerprint density at radius 2 is 1.93 bits per heavy atom. The summed E-state index contributed by atoms with van der Waals surface area (Å²) in [5, 5.41) is 12.2. The Morgan fingerprint density at radius 1 is 1.13 bits per heavy atom. The van der Waals surface area contributed by atoms with Crippen LogP contribution in [0.1, 0.15) is 29.8 Å². The summed E-state index contributed by atoms with van der Waals surface area (Å²) < 4.78 is 11.1. The lowest BCUT2D eigenvalue weighted by Crippen LogP contribution is -2.17. The quantitative estimate of drug-likeness (QED) is 0.627. The highest BCUT2D eigenvalue weighted by Gasteiger charge is 2.21. The standard InChI is InChI=1S/C23H22N4O3/c1-23(2,14-24)16-6-4-5-15(11-16)22(28)27-18-8-9-19(29-3)20(12-18)30-21-10-7-17(25)13-26-21/h4-13H,25H2,1-3H3,(H,27,28). The molecule has 3 N–H and O–H groups in total. The number of nitrogen functional groups attached to an aromatic ring is 1. The number of nitrogens with one attached hydrogen (secondary N) is 1. The number of carbonyl (C=O) groups excluding carboxylic acids is 1. The van der Waals surface area contributed by atoms with E-state index in [1.165, 1.54) is 13.3 Å². The molecule has 30 heavy (non-hydrogen) atoms. The molecule has 2 aromatic carbocycles. The number of nitriles is 1. The molecule has 7 nitrogen and oxygen atoms in total. The number of rotatable bonds is 6. The Labute approximate surface area is 175 Å². The largest absolute Gasteiger partial charge is 0.493 e. The molecule has 0 aliphatic rings. The summed E-state index contributed by atoms with van der Waals surface area (Å²) in [5.41, 5.74) is 7.23. The number of benzene rings is 2. The summed E-state index contributed by atoms with van der Waals surface area (Å²) in [6, 6.07) is 17.6. The normalized spacial score (nSPS) is 10.7. The molecule has 3 rings (SSSR count). The third kappa shape index (κ3) is 4.67. The Kier molecular flexibility index (Phi) is 5.88. The molecule has 0 saturated heterocycles. The number of aromatic nitrogens is 1. The van der Waals surface area contributed by atoms with E-state index in [9.17, 15) is 10.1 Å². The lowest BCUT2D eigenvalue weighted by Gasteiger charge is -2.17. The summed E-state index contributed by atoms with van der Waals surface area (Å²) in [5.74, 6) is 0.932. The maximum atomic E-state index is 12.8. The van der Waals surface area contributed by atoms with Gasteiger partial charge in [0.05, 0.1) is 30.5 Å². The fraction of sp³-hybridized carbons (Fsp3) is 0.174. The minimum absolute atomic E-state index is 0.299. The molecule has 7 heteroatoms. The number of nitrogens with zero attached hydrogens (tertiary/aromatic N) is 2. The van der Waals surface area contributed by atoms with Gasteiger partial charge in [0.15, 0.2) is 11.5 Å². The van der Waals surface area contributed by atoms with Crippen LogP contribution in [-0.2, 0) is 5.41 Å². The van der Waals surface area contributed by atoms with Gasteiger partial charge in [0, 0.05) is 23.4 Å². The number of ether oxygens (including phenoxy) is 2. The van der Waals surface area contributed by atoms with Crippen molar-refractivity contribution in [3.63, 3.8) is 0 Å². The number of anilines is 2. The van der Waals surface area contributed by atoms with Crippen molar-refractivity contribution in [2.75, 3.05) is 18.2 Å². The summed E-state index contributed by atoms with van der Waals surface area (Å²) in [7, 11) is 1.53. The maximum absolute atomic E-state index is 12.8. The fourth-order valence-electron chi connectivity index (χ4n) is 2.72. The van der Waals surface area contributed by atoms with E-state index in [-0.39, 0.29) is 5.91 Å². The van der Waals surface area contributed by atoms with Gasteiger partial charge in [0.25, 0.3) is 5.91 Å². The van der Waals surface area contributed by atoms with Gasteiger partial charge in [-0.05, 0) is 49.7 Å². The molecule has 1 heterocycles. The van der Waals surface area contributed by atoms with Crippen LogP contribution in [0.25, 0.3) is 0 Å². The van der Waals surface area contributed by atoms with E-state index in [4.69, 9.17) is 15.2 Å².